The SMILES string of the molecule is O=[N+]([O-])c1ccc(NCCS(=O)(=O)F)cc1. The number of anilines is 1. The zero-order valence-corrected chi connectivity index (χ0v) is 8.91. The number of non-ortho nitro benzene ring substituents is 1. The van der Waals surface area contributed by atoms with Crippen molar-refractivity contribution in [3.8, 4) is 0 Å². The molecule has 0 bridgehead atoms. The van der Waals surface area contributed by atoms with Gasteiger partial charge in [0.25, 0.3) is 5.69 Å². The van der Waals surface area contributed by atoms with Gasteiger partial charge in [-0.25, -0.2) is 0 Å². The Balaban J connectivity index is 2.53. The summed E-state index contributed by atoms with van der Waals surface area (Å²) in [6, 6.07) is 5.38. The van der Waals surface area contributed by atoms with E-state index in [0.717, 1.165) is 0 Å². The van der Waals surface area contributed by atoms with Gasteiger partial charge in [-0.1, -0.05) is 0 Å². The summed E-state index contributed by atoms with van der Waals surface area (Å²) in [7, 11) is -4.49. The van der Waals surface area contributed by atoms with E-state index >= 15 is 0 Å². The van der Waals surface area contributed by atoms with Gasteiger partial charge in [0.1, 0.15) is 0 Å². The molecule has 0 radical (unpaired) electrons. The first-order chi connectivity index (χ1) is 7.38. The average molecular weight is 248 g/mol. The second-order valence-corrected chi connectivity index (χ2v) is 4.46. The minimum absolute atomic E-state index is 0.0661. The second kappa shape index (κ2) is 4.88. The van der Waals surface area contributed by atoms with Crippen LogP contribution in [0.4, 0.5) is 15.3 Å². The quantitative estimate of drug-likeness (QED) is 0.482. The smallest absolute Gasteiger partial charge is 0.304 e. The zero-order chi connectivity index (χ0) is 12.2. The summed E-state index contributed by atoms with van der Waals surface area (Å²) in [6.45, 7) is -0.0867. The van der Waals surface area contributed by atoms with E-state index in [9.17, 15) is 22.4 Å². The average Bonchev–Trinajstić information content (AvgIpc) is 2.16. The van der Waals surface area contributed by atoms with Crippen molar-refractivity contribution in [2.45, 2.75) is 0 Å². The fourth-order valence-corrected chi connectivity index (χ4v) is 1.36. The van der Waals surface area contributed by atoms with E-state index in [4.69, 9.17) is 0 Å². The largest absolute Gasteiger partial charge is 0.384 e. The lowest BCUT2D eigenvalue weighted by molar-refractivity contribution is -0.384. The minimum Gasteiger partial charge on any atom is -0.384 e. The van der Waals surface area contributed by atoms with Crippen molar-refractivity contribution < 1.29 is 17.2 Å². The maximum absolute atomic E-state index is 12.1. The Morgan fingerprint density at radius 1 is 1.31 bits per heavy atom. The summed E-state index contributed by atoms with van der Waals surface area (Å²) in [5.74, 6) is -0.635. The van der Waals surface area contributed by atoms with Crippen LogP contribution in [0.25, 0.3) is 0 Å². The molecule has 0 atom stereocenters. The number of nitrogens with zero attached hydrogens (tertiary/aromatic N) is 1. The molecule has 16 heavy (non-hydrogen) atoms. The van der Waals surface area contributed by atoms with E-state index in [-0.39, 0.29) is 12.2 Å². The highest BCUT2D eigenvalue weighted by atomic mass is 32.3. The molecule has 0 aliphatic heterocycles. The monoisotopic (exact) mass is 248 g/mol. The van der Waals surface area contributed by atoms with E-state index in [1.165, 1.54) is 24.3 Å². The Hall–Kier alpha value is -1.70. The Labute approximate surface area is 91.5 Å². The molecule has 0 aliphatic carbocycles. The third kappa shape index (κ3) is 4.22. The van der Waals surface area contributed by atoms with Crippen molar-refractivity contribution in [1.82, 2.24) is 0 Å². The molecule has 0 aliphatic rings. The number of hydrogen-bond donors (Lipinski definition) is 1. The van der Waals surface area contributed by atoms with Gasteiger partial charge in [-0.3, -0.25) is 10.1 Å². The van der Waals surface area contributed by atoms with Gasteiger partial charge in [-0.05, 0) is 12.1 Å². The number of benzene rings is 1. The van der Waals surface area contributed by atoms with Gasteiger partial charge >= 0.3 is 10.2 Å². The van der Waals surface area contributed by atoms with Crippen LogP contribution in [-0.4, -0.2) is 25.6 Å². The summed E-state index contributed by atoms with van der Waals surface area (Å²) in [5.41, 5.74) is 0.429. The van der Waals surface area contributed by atoms with E-state index < -0.39 is 20.9 Å². The van der Waals surface area contributed by atoms with Crippen LogP contribution >= 0.6 is 0 Å². The maximum Gasteiger partial charge on any atom is 0.304 e. The predicted molar refractivity (Wildman–Crippen MR) is 56.5 cm³/mol. The van der Waals surface area contributed by atoms with E-state index in [2.05, 4.69) is 5.32 Å². The molecule has 0 aromatic heterocycles. The van der Waals surface area contributed by atoms with Crippen LogP contribution in [0, 0.1) is 10.1 Å². The summed E-state index contributed by atoms with van der Waals surface area (Å²) in [5, 5.41) is 12.9. The second-order valence-electron chi connectivity index (χ2n) is 2.97. The highest BCUT2D eigenvalue weighted by Gasteiger charge is 2.07. The summed E-state index contributed by atoms with van der Waals surface area (Å²) < 4.78 is 32.4. The van der Waals surface area contributed by atoms with Crippen LogP contribution in [0.3, 0.4) is 0 Å². The molecule has 0 saturated heterocycles. The number of nitro groups is 1. The molecule has 0 saturated carbocycles. The molecule has 0 fully saturated rings. The third-order valence-corrected chi connectivity index (χ3v) is 2.44. The molecule has 1 aromatic rings. The number of rotatable bonds is 5. The molecule has 0 heterocycles. The Kier molecular flexibility index (Phi) is 3.78. The fourth-order valence-electron chi connectivity index (χ4n) is 1.02. The Morgan fingerprint density at radius 3 is 2.31 bits per heavy atom. The van der Waals surface area contributed by atoms with Gasteiger partial charge in [0, 0.05) is 24.4 Å². The van der Waals surface area contributed by atoms with Crippen molar-refractivity contribution in [3.63, 3.8) is 0 Å². The van der Waals surface area contributed by atoms with Crippen LogP contribution in [0.2, 0.25) is 0 Å². The third-order valence-electron chi connectivity index (χ3n) is 1.75. The van der Waals surface area contributed by atoms with E-state index in [1.807, 2.05) is 0 Å². The lowest BCUT2D eigenvalue weighted by Crippen LogP contribution is -2.11. The first kappa shape index (κ1) is 12.4. The first-order valence-electron chi connectivity index (χ1n) is 4.29. The molecule has 0 spiro atoms. The zero-order valence-electron chi connectivity index (χ0n) is 8.09. The lowest BCUT2D eigenvalue weighted by Gasteiger charge is -2.03. The number of halogens is 1. The Morgan fingerprint density at radius 2 is 1.88 bits per heavy atom. The molecule has 1 aromatic carbocycles. The molecule has 0 amide bonds. The van der Waals surface area contributed by atoms with Gasteiger partial charge < -0.3 is 5.32 Å². The number of hydrogen-bond acceptors (Lipinski definition) is 5. The van der Waals surface area contributed by atoms with Crippen molar-refractivity contribution in [2.24, 2.45) is 0 Å². The van der Waals surface area contributed by atoms with Crippen molar-refractivity contribution in [1.29, 1.82) is 0 Å². The highest BCUT2D eigenvalue weighted by Crippen LogP contribution is 2.15. The molecule has 1 rings (SSSR count). The van der Waals surface area contributed by atoms with Gasteiger partial charge in [0.05, 0.1) is 10.7 Å². The number of nitrogens with one attached hydrogen (secondary N) is 1. The lowest BCUT2D eigenvalue weighted by atomic mass is 10.3. The highest BCUT2D eigenvalue weighted by molar-refractivity contribution is 7.86. The number of nitro benzene ring substituents is 1. The van der Waals surface area contributed by atoms with Crippen LogP contribution in [0.1, 0.15) is 0 Å². The van der Waals surface area contributed by atoms with Crippen molar-refractivity contribution in [2.75, 3.05) is 17.6 Å². The van der Waals surface area contributed by atoms with Gasteiger partial charge in [-0.2, -0.15) is 8.42 Å². The molecular weight excluding hydrogens is 239 g/mol. The Bertz CT molecular complexity index is 471. The predicted octanol–water partition coefficient (Wildman–Crippen LogP) is 1.31. The van der Waals surface area contributed by atoms with Gasteiger partial charge in [0.2, 0.25) is 0 Å². The summed E-state index contributed by atoms with van der Waals surface area (Å²) in [4.78, 5) is 9.77. The standard InChI is InChI=1S/C8H9FN2O4S/c9-16(14,15)6-5-10-7-1-3-8(4-2-7)11(12)13/h1-4,10H,5-6H2. The van der Waals surface area contributed by atoms with E-state index in [1.54, 1.807) is 0 Å². The fraction of sp³-hybridized carbons (Fsp3) is 0.250. The van der Waals surface area contributed by atoms with Crippen LogP contribution < -0.4 is 5.32 Å². The molecule has 8 heteroatoms. The minimum atomic E-state index is -4.49. The summed E-state index contributed by atoms with van der Waals surface area (Å²) in [6.07, 6.45) is 0. The van der Waals surface area contributed by atoms with E-state index in [0.29, 0.717) is 5.69 Å². The summed E-state index contributed by atoms with van der Waals surface area (Å²) >= 11 is 0. The molecule has 6 nitrogen and oxygen atoms in total. The topological polar surface area (TPSA) is 89.3 Å². The van der Waals surface area contributed by atoms with Crippen molar-refractivity contribution >= 4 is 21.6 Å². The maximum atomic E-state index is 12.1. The van der Waals surface area contributed by atoms with Crippen LogP contribution in [-0.2, 0) is 10.2 Å². The molecule has 1 N–H and O–H groups in total. The normalized spacial score (nSPS) is 11.1. The first-order valence-corrected chi connectivity index (χ1v) is 5.84. The molecular formula is C8H9FN2O4S. The van der Waals surface area contributed by atoms with Crippen LogP contribution in [0.5, 0.6) is 0 Å². The van der Waals surface area contributed by atoms with Gasteiger partial charge in [0.15, 0.2) is 0 Å². The van der Waals surface area contributed by atoms with Gasteiger partial charge in [-0.15, -0.1) is 3.89 Å². The molecule has 88 valence electrons. The van der Waals surface area contributed by atoms with Crippen molar-refractivity contribution in [3.05, 3.63) is 34.4 Å². The van der Waals surface area contributed by atoms with Crippen LogP contribution in [0.15, 0.2) is 24.3 Å². The molecule has 0 unspecified atom stereocenters.